The summed E-state index contributed by atoms with van der Waals surface area (Å²) in [7, 11) is 0. The van der Waals surface area contributed by atoms with Crippen LogP contribution in [0.2, 0.25) is 0 Å². The summed E-state index contributed by atoms with van der Waals surface area (Å²) in [5.74, 6) is 0.966. The van der Waals surface area contributed by atoms with Crippen molar-refractivity contribution in [3.8, 4) is 16.9 Å². The first-order valence-electron chi connectivity index (χ1n) is 11.6. The predicted octanol–water partition coefficient (Wildman–Crippen LogP) is 6.94. The molecule has 33 heavy (non-hydrogen) atoms. The van der Waals surface area contributed by atoms with Gasteiger partial charge in [0.2, 0.25) is 5.72 Å². The second kappa shape index (κ2) is 7.71. The van der Waals surface area contributed by atoms with Gasteiger partial charge >= 0.3 is 0 Å². The van der Waals surface area contributed by atoms with Crippen molar-refractivity contribution in [3.63, 3.8) is 0 Å². The average Bonchev–Trinajstić information content (AvgIpc) is 3.27. The topological polar surface area (TPSA) is 34.1 Å². The summed E-state index contributed by atoms with van der Waals surface area (Å²) in [6, 6.07) is 25.8. The maximum atomic E-state index is 6.74. The molecule has 1 fully saturated rings. The number of fused-ring (bicyclic) bond motifs is 4. The van der Waals surface area contributed by atoms with E-state index in [9.17, 15) is 0 Å². The van der Waals surface area contributed by atoms with E-state index < -0.39 is 5.72 Å². The number of rotatable bonds is 2. The summed E-state index contributed by atoms with van der Waals surface area (Å²) >= 11 is 3.65. The highest BCUT2D eigenvalue weighted by Crippen LogP contribution is 2.52. The maximum absolute atomic E-state index is 6.74. The highest BCUT2D eigenvalue weighted by molar-refractivity contribution is 9.10. The van der Waals surface area contributed by atoms with E-state index in [4.69, 9.17) is 14.6 Å². The van der Waals surface area contributed by atoms with E-state index in [1.165, 1.54) is 22.3 Å². The van der Waals surface area contributed by atoms with Crippen LogP contribution in [-0.2, 0) is 4.74 Å². The molecule has 0 saturated carbocycles. The number of benzene rings is 3. The van der Waals surface area contributed by atoms with E-state index >= 15 is 0 Å². The normalized spacial score (nSPS) is 25.2. The van der Waals surface area contributed by atoms with E-state index in [0.29, 0.717) is 6.61 Å². The van der Waals surface area contributed by atoms with Crippen molar-refractivity contribution < 1.29 is 9.47 Å². The Morgan fingerprint density at radius 2 is 1.67 bits per heavy atom. The van der Waals surface area contributed by atoms with Crippen molar-refractivity contribution in [2.75, 3.05) is 6.61 Å². The molecule has 0 bridgehead atoms. The monoisotopic (exact) mass is 502 g/mol. The summed E-state index contributed by atoms with van der Waals surface area (Å²) < 4.78 is 13.9. The maximum Gasteiger partial charge on any atom is 0.203 e. The molecule has 0 aromatic heterocycles. The Bertz CT molecular complexity index is 1220. The van der Waals surface area contributed by atoms with Crippen LogP contribution in [0.15, 0.2) is 82.4 Å². The SMILES string of the molecule is CC1(C)C[C@]2(CCO1)Oc1ccc(Br)cc1[C@H]1CC(c3ccc(-c4ccccc4)cc3)=NN12. The molecular formula is C28H27BrN2O2. The van der Waals surface area contributed by atoms with Crippen molar-refractivity contribution >= 4 is 21.6 Å². The van der Waals surface area contributed by atoms with Crippen LogP contribution in [0.25, 0.3) is 11.1 Å². The van der Waals surface area contributed by atoms with Gasteiger partial charge in [0.05, 0.1) is 24.0 Å². The third-order valence-electron chi connectivity index (χ3n) is 6.97. The van der Waals surface area contributed by atoms with E-state index in [-0.39, 0.29) is 11.6 Å². The molecule has 2 atom stereocenters. The van der Waals surface area contributed by atoms with Gasteiger partial charge in [-0.3, -0.25) is 0 Å². The van der Waals surface area contributed by atoms with Gasteiger partial charge in [0.1, 0.15) is 5.75 Å². The van der Waals surface area contributed by atoms with Gasteiger partial charge in [-0.1, -0.05) is 70.5 Å². The molecule has 1 saturated heterocycles. The molecule has 4 nitrogen and oxygen atoms in total. The lowest BCUT2D eigenvalue weighted by Crippen LogP contribution is -2.60. The quantitative estimate of drug-likeness (QED) is 0.380. The Kier molecular flexibility index (Phi) is 4.89. The number of hydrazone groups is 1. The number of ether oxygens (including phenoxy) is 2. The van der Waals surface area contributed by atoms with Gasteiger partial charge in [-0.2, -0.15) is 5.10 Å². The van der Waals surface area contributed by atoms with E-state index in [2.05, 4.69) is 102 Å². The van der Waals surface area contributed by atoms with Crippen molar-refractivity contribution in [1.82, 2.24) is 5.01 Å². The average molecular weight is 503 g/mol. The van der Waals surface area contributed by atoms with Crippen LogP contribution in [0, 0.1) is 0 Å². The highest BCUT2D eigenvalue weighted by atomic mass is 79.9. The zero-order valence-electron chi connectivity index (χ0n) is 18.9. The molecule has 3 aliphatic heterocycles. The Hall–Kier alpha value is -2.63. The first-order chi connectivity index (χ1) is 15.9. The van der Waals surface area contributed by atoms with Crippen LogP contribution in [0.5, 0.6) is 5.75 Å². The molecule has 0 amide bonds. The fourth-order valence-corrected chi connectivity index (χ4v) is 5.87. The first-order valence-corrected chi connectivity index (χ1v) is 12.4. The molecular weight excluding hydrogens is 476 g/mol. The standard InChI is InChI=1S/C28H27BrN2O2/c1-27(2)18-28(14-15-32-27)31-25(23-16-22(29)12-13-26(23)33-28)17-24(30-31)21-10-8-20(9-11-21)19-6-4-3-5-7-19/h3-13,16,25H,14-15,17-18H2,1-2H3/t25-,28+/m1/s1. The van der Waals surface area contributed by atoms with Crippen LogP contribution in [-0.4, -0.2) is 28.7 Å². The fourth-order valence-electron chi connectivity index (χ4n) is 5.49. The summed E-state index contributed by atoms with van der Waals surface area (Å²) in [4.78, 5) is 0. The molecule has 0 aliphatic carbocycles. The molecule has 1 spiro atoms. The zero-order valence-corrected chi connectivity index (χ0v) is 20.5. The smallest absolute Gasteiger partial charge is 0.203 e. The molecule has 3 aromatic carbocycles. The molecule has 0 N–H and O–H groups in total. The molecule has 6 rings (SSSR count). The molecule has 168 valence electrons. The molecule has 3 aromatic rings. The molecule has 0 radical (unpaired) electrons. The number of nitrogens with zero attached hydrogens (tertiary/aromatic N) is 2. The Labute approximate surface area is 203 Å². The first kappa shape index (κ1) is 20.9. The lowest BCUT2D eigenvalue weighted by Gasteiger charge is -2.52. The van der Waals surface area contributed by atoms with E-state index in [1.54, 1.807) is 0 Å². The Morgan fingerprint density at radius 1 is 0.939 bits per heavy atom. The molecule has 3 aliphatic rings. The predicted molar refractivity (Wildman–Crippen MR) is 134 cm³/mol. The summed E-state index contributed by atoms with van der Waals surface area (Å²) in [5.41, 5.74) is 5.17. The summed E-state index contributed by atoms with van der Waals surface area (Å²) in [6.07, 6.45) is 2.43. The second-order valence-electron chi connectivity index (χ2n) is 9.82. The minimum absolute atomic E-state index is 0.156. The van der Waals surface area contributed by atoms with Crippen molar-refractivity contribution in [1.29, 1.82) is 0 Å². The molecule has 0 unspecified atom stereocenters. The van der Waals surface area contributed by atoms with E-state index in [0.717, 1.165) is 35.2 Å². The minimum atomic E-state index is -0.487. The second-order valence-corrected chi connectivity index (χ2v) is 10.7. The van der Waals surface area contributed by atoms with Crippen molar-refractivity contribution in [2.45, 2.75) is 50.5 Å². The number of hydrogen-bond donors (Lipinski definition) is 0. The Morgan fingerprint density at radius 3 is 2.42 bits per heavy atom. The van der Waals surface area contributed by atoms with Gasteiger partial charge in [0.15, 0.2) is 0 Å². The van der Waals surface area contributed by atoms with Gasteiger partial charge in [-0.15, -0.1) is 0 Å². The van der Waals surface area contributed by atoms with Crippen LogP contribution < -0.4 is 4.74 Å². The molecule has 5 heteroatoms. The zero-order chi connectivity index (χ0) is 22.6. The van der Waals surface area contributed by atoms with Crippen LogP contribution >= 0.6 is 15.9 Å². The van der Waals surface area contributed by atoms with Gasteiger partial charge < -0.3 is 9.47 Å². The van der Waals surface area contributed by atoms with Crippen molar-refractivity contribution in [3.05, 3.63) is 88.4 Å². The van der Waals surface area contributed by atoms with Crippen LogP contribution in [0.4, 0.5) is 0 Å². The number of hydrogen-bond acceptors (Lipinski definition) is 4. The van der Waals surface area contributed by atoms with Gasteiger partial charge in [-0.25, -0.2) is 5.01 Å². The van der Waals surface area contributed by atoms with Gasteiger partial charge in [0.25, 0.3) is 0 Å². The lowest BCUT2D eigenvalue weighted by atomic mass is 9.86. The van der Waals surface area contributed by atoms with Crippen LogP contribution in [0.3, 0.4) is 0 Å². The minimum Gasteiger partial charge on any atom is -0.466 e. The van der Waals surface area contributed by atoms with Crippen molar-refractivity contribution in [2.24, 2.45) is 5.10 Å². The summed E-state index contributed by atoms with van der Waals surface area (Å²) in [5, 5.41) is 7.45. The van der Waals surface area contributed by atoms with E-state index in [1.807, 2.05) is 6.07 Å². The fraction of sp³-hybridized carbons (Fsp3) is 0.321. The van der Waals surface area contributed by atoms with Gasteiger partial charge in [-0.05, 0) is 48.7 Å². The van der Waals surface area contributed by atoms with Gasteiger partial charge in [0, 0.05) is 29.3 Å². The highest BCUT2D eigenvalue weighted by Gasteiger charge is 2.54. The summed E-state index contributed by atoms with van der Waals surface area (Å²) in [6.45, 7) is 4.96. The lowest BCUT2D eigenvalue weighted by molar-refractivity contribution is -0.212. The largest absolute Gasteiger partial charge is 0.466 e. The number of halogens is 1. The van der Waals surface area contributed by atoms with Crippen LogP contribution in [0.1, 0.15) is 50.3 Å². The third kappa shape index (κ3) is 3.68. The third-order valence-corrected chi connectivity index (χ3v) is 7.46. The molecule has 3 heterocycles. The Balaban J connectivity index is 1.39.